The molecule has 5 rings (SSSR count). The fourth-order valence-corrected chi connectivity index (χ4v) is 10.3. The number of anilines is 1. The largest absolute Gasteiger partial charge is 0.313 e. The third-order valence-corrected chi connectivity index (χ3v) is 11.6. The number of fused-ring (bicyclic) bond motifs is 3. The van der Waals surface area contributed by atoms with Crippen LogP contribution in [0.3, 0.4) is 0 Å². The van der Waals surface area contributed by atoms with Gasteiger partial charge in [-0.2, -0.15) is 4.31 Å². The van der Waals surface area contributed by atoms with Crippen LogP contribution in [0.4, 0.5) is 5.00 Å². The van der Waals surface area contributed by atoms with Crippen molar-refractivity contribution in [2.45, 2.75) is 84.2 Å². The Kier molecular flexibility index (Phi) is 8.29. The van der Waals surface area contributed by atoms with E-state index in [4.69, 9.17) is 0 Å². The average molecular weight is 616 g/mol. The number of hydrogen-bond acceptors (Lipinski definition) is 7. The van der Waals surface area contributed by atoms with Gasteiger partial charge in [0.15, 0.2) is 0 Å². The van der Waals surface area contributed by atoms with Crippen LogP contribution in [0.2, 0.25) is 0 Å². The van der Waals surface area contributed by atoms with Gasteiger partial charge in [-0.05, 0) is 79.3 Å². The van der Waals surface area contributed by atoms with Gasteiger partial charge in [0.25, 0.3) is 11.8 Å². The van der Waals surface area contributed by atoms with Gasteiger partial charge in [-0.25, -0.2) is 8.42 Å². The summed E-state index contributed by atoms with van der Waals surface area (Å²) in [7, 11) is -3.71. The molecule has 3 amide bonds. The summed E-state index contributed by atoms with van der Waals surface area (Å²) < 4.78 is 29.0. The molecule has 0 spiro atoms. The lowest BCUT2D eigenvalue weighted by Crippen LogP contribution is -2.41. The summed E-state index contributed by atoms with van der Waals surface area (Å²) in [6, 6.07) is 6.00. The zero-order chi connectivity index (χ0) is 30.4. The Morgan fingerprint density at radius 3 is 2.43 bits per heavy atom. The standard InChI is InChI=1S/C30H41N5O5S2/c1-6-12-34-13-11-23-24(16-34)41-28(25(23)27(38)33-32-19(2)36)31-26(37)20-7-9-22(10-8-20)42(39,40)35-18-30(5)15-21(35)14-29(3,4)17-30/h7-10,21H,6,11-18H2,1-5H3,(H,31,37)(H,32,36)(H,33,38). The molecule has 3 N–H and O–H groups in total. The van der Waals surface area contributed by atoms with Gasteiger partial charge in [0.2, 0.25) is 15.9 Å². The molecule has 2 aliphatic heterocycles. The topological polar surface area (TPSA) is 128 Å². The summed E-state index contributed by atoms with van der Waals surface area (Å²) in [5.41, 5.74) is 6.33. The highest BCUT2D eigenvalue weighted by atomic mass is 32.2. The van der Waals surface area contributed by atoms with Crippen molar-refractivity contribution in [2.24, 2.45) is 10.8 Å². The monoisotopic (exact) mass is 615 g/mol. The molecule has 0 radical (unpaired) electrons. The van der Waals surface area contributed by atoms with E-state index in [-0.39, 0.29) is 27.3 Å². The highest BCUT2D eigenvalue weighted by molar-refractivity contribution is 7.89. The highest BCUT2D eigenvalue weighted by Crippen LogP contribution is 2.53. The molecule has 1 aromatic heterocycles. The lowest BCUT2D eigenvalue weighted by molar-refractivity contribution is -0.119. The molecule has 42 heavy (non-hydrogen) atoms. The zero-order valence-electron chi connectivity index (χ0n) is 25.0. The van der Waals surface area contributed by atoms with Crippen LogP contribution in [0.1, 0.15) is 91.5 Å². The predicted molar refractivity (Wildman–Crippen MR) is 163 cm³/mol. The molecular formula is C30H41N5O5S2. The minimum atomic E-state index is -3.71. The molecule has 10 nitrogen and oxygen atoms in total. The number of nitrogens with one attached hydrogen (secondary N) is 3. The summed E-state index contributed by atoms with van der Waals surface area (Å²) in [5.74, 6) is -1.34. The van der Waals surface area contributed by atoms with Gasteiger partial charge in [-0.1, -0.05) is 27.7 Å². The summed E-state index contributed by atoms with van der Waals surface area (Å²) in [5, 5.41) is 3.29. The Morgan fingerprint density at radius 1 is 1.05 bits per heavy atom. The molecule has 2 fully saturated rings. The van der Waals surface area contributed by atoms with Crippen LogP contribution in [-0.4, -0.2) is 61.0 Å². The first-order valence-electron chi connectivity index (χ1n) is 14.6. The molecule has 3 aliphatic rings. The van der Waals surface area contributed by atoms with E-state index in [0.717, 1.165) is 49.2 Å². The highest BCUT2D eigenvalue weighted by Gasteiger charge is 2.53. The molecule has 1 aromatic carbocycles. The van der Waals surface area contributed by atoms with Gasteiger partial charge in [-0.3, -0.25) is 30.1 Å². The number of carbonyl (C=O) groups excluding carboxylic acids is 3. The maximum atomic E-state index is 13.7. The number of carbonyl (C=O) groups is 3. The van der Waals surface area contributed by atoms with Gasteiger partial charge in [-0.15, -0.1) is 11.3 Å². The summed E-state index contributed by atoms with van der Waals surface area (Å²) in [6.07, 6.45) is 4.37. The molecule has 3 heterocycles. The van der Waals surface area contributed by atoms with Crippen molar-refractivity contribution in [2.75, 3.05) is 25.0 Å². The van der Waals surface area contributed by atoms with Gasteiger partial charge in [0.1, 0.15) is 5.00 Å². The van der Waals surface area contributed by atoms with Crippen LogP contribution >= 0.6 is 11.3 Å². The summed E-state index contributed by atoms with van der Waals surface area (Å²) in [6.45, 7) is 13.0. The van der Waals surface area contributed by atoms with Crippen molar-refractivity contribution in [3.63, 3.8) is 0 Å². The number of hydrogen-bond donors (Lipinski definition) is 3. The average Bonchev–Trinajstić information content (AvgIpc) is 3.39. The van der Waals surface area contributed by atoms with E-state index in [1.54, 1.807) is 4.31 Å². The second-order valence-electron chi connectivity index (χ2n) is 13.1. The summed E-state index contributed by atoms with van der Waals surface area (Å²) >= 11 is 1.36. The van der Waals surface area contributed by atoms with Crippen LogP contribution in [0.5, 0.6) is 0 Å². The molecule has 1 aliphatic carbocycles. The molecular weight excluding hydrogens is 574 g/mol. The molecule has 2 unspecified atom stereocenters. The van der Waals surface area contributed by atoms with E-state index in [0.29, 0.717) is 30.1 Å². The summed E-state index contributed by atoms with van der Waals surface area (Å²) in [4.78, 5) is 41.3. The van der Waals surface area contributed by atoms with E-state index in [9.17, 15) is 22.8 Å². The lowest BCUT2D eigenvalue weighted by atomic mass is 9.65. The van der Waals surface area contributed by atoms with Crippen LogP contribution in [0.15, 0.2) is 29.2 Å². The van der Waals surface area contributed by atoms with Crippen molar-refractivity contribution in [3.05, 3.63) is 45.8 Å². The second kappa shape index (κ2) is 11.4. The molecule has 228 valence electrons. The third-order valence-electron chi connectivity index (χ3n) is 8.57. The minimum Gasteiger partial charge on any atom is -0.313 e. The van der Waals surface area contributed by atoms with E-state index in [1.165, 1.54) is 42.5 Å². The first kappa shape index (κ1) is 30.7. The minimum absolute atomic E-state index is 0.0214. The van der Waals surface area contributed by atoms with Crippen LogP contribution in [-0.2, 0) is 27.8 Å². The van der Waals surface area contributed by atoms with Crippen molar-refractivity contribution >= 4 is 44.1 Å². The van der Waals surface area contributed by atoms with Crippen molar-refractivity contribution in [1.29, 1.82) is 0 Å². The van der Waals surface area contributed by atoms with Crippen LogP contribution in [0, 0.1) is 10.8 Å². The Labute approximate surface area is 252 Å². The van der Waals surface area contributed by atoms with E-state index >= 15 is 0 Å². The molecule has 2 atom stereocenters. The maximum absolute atomic E-state index is 13.7. The lowest BCUT2D eigenvalue weighted by Gasteiger charge is -2.39. The van der Waals surface area contributed by atoms with Gasteiger partial charge < -0.3 is 5.32 Å². The number of sulfonamides is 1. The molecule has 1 saturated heterocycles. The molecule has 2 aromatic rings. The normalized spacial score (nSPS) is 23.7. The number of amides is 3. The first-order valence-corrected chi connectivity index (χ1v) is 16.8. The predicted octanol–water partition coefficient (Wildman–Crippen LogP) is 4.14. The van der Waals surface area contributed by atoms with Gasteiger partial charge in [0, 0.05) is 43.0 Å². The maximum Gasteiger partial charge on any atom is 0.272 e. The van der Waals surface area contributed by atoms with Gasteiger partial charge >= 0.3 is 0 Å². The molecule has 2 bridgehead atoms. The van der Waals surface area contributed by atoms with Crippen LogP contribution in [0.25, 0.3) is 0 Å². The number of thiophene rings is 1. The van der Waals surface area contributed by atoms with Gasteiger partial charge in [0.05, 0.1) is 10.5 Å². The number of rotatable bonds is 7. The quantitative estimate of drug-likeness (QED) is 0.402. The smallest absolute Gasteiger partial charge is 0.272 e. The zero-order valence-corrected chi connectivity index (χ0v) is 26.6. The second-order valence-corrected chi connectivity index (χ2v) is 16.1. The van der Waals surface area contributed by atoms with E-state index < -0.39 is 27.7 Å². The Bertz CT molecular complexity index is 1500. The van der Waals surface area contributed by atoms with Crippen molar-refractivity contribution in [3.8, 4) is 0 Å². The number of nitrogens with zero attached hydrogens (tertiary/aromatic N) is 2. The van der Waals surface area contributed by atoms with E-state index in [1.807, 2.05) is 0 Å². The fraction of sp³-hybridized carbons (Fsp3) is 0.567. The Balaban J connectivity index is 1.36. The number of benzene rings is 1. The molecule has 12 heteroatoms. The van der Waals surface area contributed by atoms with Crippen molar-refractivity contribution < 1.29 is 22.8 Å². The first-order chi connectivity index (χ1) is 19.7. The van der Waals surface area contributed by atoms with Crippen LogP contribution < -0.4 is 16.2 Å². The SMILES string of the molecule is CCCN1CCc2c(sc(NC(=O)c3ccc(S(=O)(=O)N4CC5(C)CC4CC(C)(C)C5)cc3)c2C(=O)NNC(C)=O)C1. The van der Waals surface area contributed by atoms with E-state index in [2.05, 4.69) is 48.8 Å². The third kappa shape index (κ3) is 6.13. The number of hydrazine groups is 1. The molecule has 1 saturated carbocycles. The Hall–Kier alpha value is -2.80. The Morgan fingerprint density at radius 2 is 1.76 bits per heavy atom. The van der Waals surface area contributed by atoms with Crippen molar-refractivity contribution in [1.82, 2.24) is 20.1 Å². The fourth-order valence-electron chi connectivity index (χ4n) is 7.28.